The number of hydrogen-bond donors (Lipinski definition) is 1. The molecule has 3 amide bonds. The molecular formula is C24H20N2O3. The smallest absolute Gasteiger partial charge is 0.261 e. The Hall–Kier alpha value is -3.73. The number of anilines is 1. The van der Waals surface area contributed by atoms with E-state index in [4.69, 9.17) is 0 Å². The molecule has 1 heterocycles. The number of nitrogens with zero attached hydrogens (tertiary/aromatic N) is 1. The molecule has 0 spiro atoms. The molecule has 1 aliphatic rings. The average Bonchev–Trinajstić information content (AvgIpc) is 2.97. The fraction of sp³-hybridized carbons (Fsp3) is 0.125. The zero-order valence-corrected chi connectivity index (χ0v) is 16.2. The number of imide groups is 1. The van der Waals surface area contributed by atoms with Gasteiger partial charge in [0.2, 0.25) is 0 Å². The monoisotopic (exact) mass is 384 g/mol. The topological polar surface area (TPSA) is 66.5 Å². The maximum Gasteiger partial charge on any atom is 0.261 e. The number of aryl methyl sites for hydroxylation is 1. The fourth-order valence-electron chi connectivity index (χ4n) is 3.46. The molecule has 3 aromatic rings. The van der Waals surface area contributed by atoms with E-state index in [0.29, 0.717) is 22.3 Å². The van der Waals surface area contributed by atoms with Crippen molar-refractivity contribution in [3.8, 4) is 0 Å². The second-order valence-electron chi connectivity index (χ2n) is 7.14. The number of rotatable bonds is 4. The third kappa shape index (κ3) is 3.43. The largest absolute Gasteiger partial charge is 0.322 e. The highest BCUT2D eigenvalue weighted by atomic mass is 16.2. The molecule has 0 saturated carbocycles. The highest BCUT2D eigenvalue weighted by Gasteiger charge is 2.34. The van der Waals surface area contributed by atoms with Crippen LogP contribution in [0.25, 0.3) is 0 Å². The lowest BCUT2D eigenvalue weighted by molar-refractivity contribution is 0.0642. The Morgan fingerprint density at radius 1 is 0.862 bits per heavy atom. The number of amides is 3. The van der Waals surface area contributed by atoms with Crippen LogP contribution < -0.4 is 5.32 Å². The van der Waals surface area contributed by atoms with E-state index in [2.05, 4.69) is 5.32 Å². The lowest BCUT2D eigenvalue weighted by Crippen LogP contribution is -2.29. The van der Waals surface area contributed by atoms with Crippen molar-refractivity contribution in [2.24, 2.45) is 0 Å². The lowest BCUT2D eigenvalue weighted by atomic mass is 10.1. The van der Waals surface area contributed by atoms with Gasteiger partial charge in [-0.15, -0.1) is 0 Å². The number of nitrogens with one attached hydrogen (secondary N) is 1. The fourth-order valence-corrected chi connectivity index (χ4v) is 3.46. The average molecular weight is 384 g/mol. The van der Waals surface area contributed by atoms with Crippen molar-refractivity contribution in [2.75, 3.05) is 5.32 Å². The van der Waals surface area contributed by atoms with Gasteiger partial charge in [0.1, 0.15) is 0 Å². The minimum absolute atomic E-state index is 0.122. The van der Waals surface area contributed by atoms with Crippen molar-refractivity contribution < 1.29 is 14.4 Å². The molecule has 0 saturated heterocycles. The van der Waals surface area contributed by atoms with Crippen LogP contribution >= 0.6 is 0 Å². The Morgan fingerprint density at radius 3 is 2.21 bits per heavy atom. The van der Waals surface area contributed by atoms with E-state index in [-0.39, 0.29) is 24.3 Å². The van der Waals surface area contributed by atoms with E-state index in [1.165, 1.54) is 4.90 Å². The minimum atomic E-state index is -0.309. The third-order valence-electron chi connectivity index (χ3n) is 5.26. The summed E-state index contributed by atoms with van der Waals surface area (Å²) in [4.78, 5) is 39.1. The van der Waals surface area contributed by atoms with Crippen molar-refractivity contribution in [3.63, 3.8) is 0 Å². The van der Waals surface area contributed by atoms with Crippen LogP contribution in [0.5, 0.6) is 0 Å². The number of carbonyl (C=O) groups is 3. The Kier molecular flexibility index (Phi) is 4.72. The molecule has 3 aromatic carbocycles. The molecule has 0 radical (unpaired) electrons. The van der Waals surface area contributed by atoms with Crippen molar-refractivity contribution in [1.82, 2.24) is 4.90 Å². The summed E-state index contributed by atoms with van der Waals surface area (Å²) >= 11 is 0. The van der Waals surface area contributed by atoms with Crippen LogP contribution in [0.2, 0.25) is 0 Å². The van der Waals surface area contributed by atoms with Gasteiger partial charge in [-0.2, -0.15) is 0 Å². The quantitative estimate of drug-likeness (QED) is 0.680. The second kappa shape index (κ2) is 7.36. The molecule has 4 rings (SSSR count). The molecule has 0 bridgehead atoms. The zero-order chi connectivity index (χ0) is 20.5. The number of fused-ring (bicyclic) bond motifs is 1. The first-order chi connectivity index (χ1) is 14.0. The van der Waals surface area contributed by atoms with Crippen molar-refractivity contribution in [3.05, 3.63) is 100 Å². The highest BCUT2D eigenvalue weighted by molar-refractivity contribution is 6.21. The predicted octanol–water partition coefficient (Wildman–Crippen LogP) is 4.35. The van der Waals surface area contributed by atoms with E-state index in [1.54, 1.807) is 48.5 Å². The van der Waals surface area contributed by atoms with Gasteiger partial charge in [-0.25, -0.2) is 0 Å². The highest BCUT2D eigenvalue weighted by Crippen LogP contribution is 2.25. The standard InChI is InChI=1S/C24H20N2O3/c1-15-7-5-12-21(16(15)2)25-22(27)18-9-6-8-17(13-18)14-26-23(28)19-10-3-4-11-20(19)24(26)29/h3-13H,14H2,1-2H3,(H,25,27). The summed E-state index contributed by atoms with van der Waals surface area (Å²) < 4.78 is 0. The zero-order valence-electron chi connectivity index (χ0n) is 16.2. The van der Waals surface area contributed by atoms with Crippen LogP contribution in [-0.4, -0.2) is 22.6 Å². The Bertz CT molecular complexity index is 1120. The molecule has 5 nitrogen and oxygen atoms in total. The van der Waals surface area contributed by atoms with Crippen LogP contribution in [0.4, 0.5) is 5.69 Å². The predicted molar refractivity (Wildman–Crippen MR) is 111 cm³/mol. The van der Waals surface area contributed by atoms with Gasteiger partial charge < -0.3 is 5.32 Å². The van der Waals surface area contributed by atoms with E-state index < -0.39 is 0 Å². The van der Waals surface area contributed by atoms with Gasteiger partial charge >= 0.3 is 0 Å². The number of benzene rings is 3. The second-order valence-corrected chi connectivity index (χ2v) is 7.14. The summed E-state index contributed by atoms with van der Waals surface area (Å²) in [6, 6.07) is 19.5. The summed E-state index contributed by atoms with van der Waals surface area (Å²) in [7, 11) is 0. The summed E-state index contributed by atoms with van der Waals surface area (Å²) in [6.45, 7) is 4.08. The van der Waals surface area contributed by atoms with E-state index >= 15 is 0 Å². The first-order valence-electron chi connectivity index (χ1n) is 9.37. The molecular weight excluding hydrogens is 364 g/mol. The van der Waals surface area contributed by atoms with Crippen LogP contribution in [-0.2, 0) is 6.54 Å². The van der Waals surface area contributed by atoms with Crippen molar-refractivity contribution in [1.29, 1.82) is 0 Å². The van der Waals surface area contributed by atoms with Crippen molar-refractivity contribution in [2.45, 2.75) is 20.4 Å². The Morgan fingerprint density at radius 2 is 1.52 bits per heavy atom. The van der Waals surface area contributed by atoms with Gasteiger partial charge in [0.05, 0.1) is 17.7 Å². The molecule has 0 fully saturated rings. The van der Waals surface area contributed by atoms with Gasteiger partial charge in [0, 0.05) is 11.3 Å². The molecule has 0 atom stereocenters. The van der Waals surface area contributed by atoms with Crippen LogP contribution in [0.1, 0.15) is 47.8 Å². The van der Waals surface area contributed by atoms with E-state index in [1.807, 2.05) is 32.0 Å². The molecule has 0 aromatic heterocycles. The normalized spacial score (nSPS) is 12.8. The van der Waals surface area contributed by atoms with Crippen LogP contribution in [0, 0.1) is 13.8 Å². The van der Waals surface area contributed by atoms with Gasteiger partial charge in [-0.3, -0.25) is 19.3 Å². The van der Waals surface area contributed by atoms with Crippen LogP contribution in [0.15, 0.2) is 66.7 Å². The lowest BCUT2D eigenvalue weighted by Gasteiger charge is -2.15. The number of hydrogen-bond acceptors (Lipinski definition) is 3. The van der Waals surface area contributed by atoms with Gasteiger partial charge in [-0.1, -0.05) is 36.4 Å². The third-order valence-corrected chi connectivity index (χ3v) is 5.26. The summed E-state index contributed by atoms with van der Waals surface area (Å²) in [5, 5.41) is 2.93. The molecule has 1 N–H and O–H groups in total. The summed E-state index contributed by atoms with van der Waals surface area (Å²) in [6.07, 6.45) is 0. The maximum atomic E-state index is 12.7. The van der Waals surface area contributed by atoms with E-state index in [9.17, 15) is 14.4 Å². The Balaban J connectivity index is 1.54. The maximum absolute atomic E-state index is 12.7. The van der Waals surface area contributed by atoms with E-state index in [0.717, 1.165) is 16.8 Å². The Labute approximate surface area is 169 Å². The molecule has 0 aliphatic carbocycles. The van der Waals surface area contributed by atoms with Gasteiger partial charge in [-0.05, 0) is 60.9 Å². The van der Waals surface area contributed by atoms with Gasteiger partial charge in [0.25, 0.3) is 17.7 Å². The molecule has 29 heavy (non-hydrogen) atoms. The first kappa shape index (κ1) is 18.6. The summed E-state index contributed by atoms with van der Waals surface area (Å²) in [5.74, 6) is -0.852. The first-order valence-corrected chi connectivity index (χ1v) is 9.37. The number of carbonyl (C=O) groups excluding carboxylic acids is 3. The minimum Gasteiger partial charge on any atom is -0.322 e. The summed E-state index contributed by atoms with van der Waals surface area (Å²) in [5.41, 5.74) is 4.90. The molecule has 0 unspecified atom stereocenters. The molecule has 144 valence electrons. The SMILES string of the molecule is Cc1cccc(NC(=O)c2cccc(CN3C(=O)c4ccccc4C3=O)c2)c1C. The molecule has 5 heteroatoms. The van der Waals surface area contributed by atoms with Crippen LogP contribution in [0.3, 0.4) is 0 Å². The molecule has 1 aliphatic heterocycles. The van der Waals surface area contributed by atoms with Gasteiger partial charge in [0.15, 0.2) is 0 Å². The van der Waals surface area contributed by atoms with Crippen molar-refractivity contribution >= 4 is 23.4 Å².